The van der Waals surface area contributed by atoms with Crippen LogP contribution < -0.4 is 0 Å². The van der Waals surface area contributed by atoms with E-state index in [9.17, 15) is 10.2 Å². The normalized spacial score (nSPS) is 16.7. The number of fused-ring (bicyclic) bond motifs is 3. The highest BCUT2D eigenvalue weighted by Gasteiger charge is 2.27. The Kier molecular flexibility index (Phi) is 2.46. The van der Waals surface area contributed by atoms with Crippen LogP contribution in [-0.4, -0.2) is 16.8 Å². The Labute approximate surface area is 100 Å². The quantitative estimate of drug-likeness (QED) is 0.824. The fraction of sp³-hybridized carbons (Fsp3) is 0.200. The number of rotatable bonds is 2. The van der Waals surface area contributed by atoms with Crippen LogP contribution in [0.4, 0.5) is 0 Å². The third-order valence-corrected chi connectivity index (χ3v) is 3.48. The first-order chi connectivity index (χ1) is 8.35. The molecule has 2 N–H and O–H groups in total. The van der Waals surface area contributed by atoms with Crippen molar-refractivity contribution in [3.8, 4) is 11.1 Å². The minimum absolute atomic E-state index is 0.0434. The van der Waals surface area contributed by atoms with Crippen molar-refractivity contribution in [3.63, 3.8) is 0 Å². The van der Waals surface area contributed by atoms with Gasteiger partial charge >= 0.3 is 0 Å². The summed E-state index contributed by atoms with van der Waals surface area (Å²) in [4.78, 5) is 0. The molecule has 0 amide bonds. The second-order valence-electron chi connectivity index (χ2n) is 4.40. The molecule has 0 fully saturated rings. The lowest BCUT2D eigenvalue weighted by atomic mass is 9.97. The first-order valence-electron chi connectivity index (χ1n) is 5.79. The van der Waals surface area contributed by atoms with Gasteiger partial charge in [0.15, 0.2) is 0 Å². The molecule has 2 aromatic carbocycles. The molecule has 1 atom stereocenters. The highest BCUT2D eigenvalue weighted by Crippen LogP contribution is 2.44. The van der Waals surface area contributed by atoms with E-state index >= 15 is 0 Å². The van der Waals surface area contributed by atoms with Crippen molar-refractivity contribution in [3.05, 3.63) is 59.2 Å². The minimum atomic E-state index is 0.0434. The van der Waals surface area contributed by atoms with Crippen LogP contribution >= 0.6 is 0 Å². The molecule has 1 aliphatic carbocycles. The molecule has 0 saturated heterocycles. The first kappa shape index (κ1) is 10.5. The number of hydrogen-bond acceptors (Lipinski definition) is 2. The van der Waals surface area contributed by atoms with Crippen molar-refractivity contribution in [2.75, 3.05) is 6.61 Å². The van der Waals surface area contributed by atoms with Crippen molar-refractivity contribution in [2.45, 2.75) is 12.5 Å². The first-order valence-corrected chi connectivity index (χ1v) is 5.79. The lowest BCUT2D eigenvalue weighted by molar-refractivity contribution is 0.278. The highest BCUT2D eigenvalue weighted by molar-refractivity contribution is 5.79. The fourth-order valence-electron chi connectivity index (χ4n) is 2.65. The van der Waals surface area contributed by atoms with Gasteiger partial charge in [-0.3, -0.25) is 0 Å². The van der Waals surface area contributed by atoms with E-state index in [0.29, 0.717) is 0 Å². The fourth-order valence-corrected chi connectivity index (χ4v) is 2.65. The van der Waals surface area contributed by atoms with E-state index in [1.165, 1.54) is 16.7 Å². The molecule has 2 aromatic rings. The topological polar surface area (TPSA) is 40.5 Å². The molecule has 3 rings (SSSR count). The second-order valence-corrected chi connectivity index (χ2v) is 4.40. The maximum atomic E-state index is 9.56. The molecule has 0 aromatic heterocycles. The average molecular weight is 226 g/mol. The van der Waals surface area contributed by atoms with Crippen LogP contribution in [0.3, 0.4) is 0 Å². The van der Waals surface area contributed by atoms with Crippen LogP contribution in [0, 0.1) is 0 Å². The molecule has 0 aliphatic heterocycles. The zero-order valence-corrected chi connectivity index (χ0v) is 9.43. The molecule has 2 heteroatoms. The molecule has 0 bridgehead atoms. The van der Waals surface area contributed by atoms with Crippen molar-refractivity contribution >= 4 is 0 Å². The number of aliphatic hydroxyl groups is 2. The van der Waals surface area contributed by atoms with E-state index in [1.807, 2.05) is 30.3 Å². The third kappa shape index (κ3) is 1.49. The van der Waals surface area contributed by atoms with Crippen molar-refractivity contribution in [2.24, 2.45) is 0 Å². The lowest BCUT2D eigenvalue weighted by Crippen LogP contribution is -2.02. The molecule has 2 nitrogen and oxygen atoms in total. The van der Waals surface area contributed by atoms with Gasteiger partial charge in [0.25, 0.3) is 0 Å². The van der Waals surface area contributed by atoms with Crippen LogP contribution in [0.1, 0.15) is 22.6 Å². The zero-order valence-electron chi connectivity index (χ0n) is 9.43. The van der Waals surface area contributed by atoms with Gasteiger partial charge in [0, 0.05) is 5.92 Å². The molecular weight excluding hydrogens is 212 g/mol. The van der Waals surface area contributed by atoms with Gasteiger partial charge in [-0.2, -0.15) is 0 Å². The molecule has 86 valence electrons. The Bertz CT molecular complexity index is 561. The second kappa shape index (κ2) is 3.99. The smallest absolute Gasteiger partial charge is 0.0681 e. The molecular formula is C15H14O2. The highest BCUT2D eigenvalue weighted by atomic mass is 16.3. The van der Waals surface area contributed by atoms with Crippen molar-refractivity contribution < 1.29 is 10.2 Å². The van der Waals surface area contributed by atoms with E-state index < -0.39 is 0 Å². The van der Waals surface area contributed by atoms with Gasteiger partial charge in [0.2, 0.25) is 0 Å². The third-order valence-electron chi connectivity index (χ3n) is 3.48. The monoisotopic (exact) mass is 226 g/mol. The molecule has 0 spiro atoms. The summed E-state index contributed by atoms with van der Waals surface area (Å²) in [5.74, 6) is 0.0488. The molecule has 0 radical (unpaired) electrons. The molecule has 17 heavy (non-hydrogen) atoms. The maximum Gasteiger partial charge on any atom is 0.0681 e. The Morgan fingerprint density at radius 1 is 0.882 bits per heavy atom. The summed E-state index contributed by atoms with van der Waals surface area (Å²) in [5, 5.41) is 18.7. The van der Waals surface area contributed by atoms with Crippen LogP contribution in [0.2, 0.25) is 0 Å². The van der Waals surface area contributed by atoms with Gasteiger partial charge in [0.05, 0.1) is 13.2 Å². The summed E-state index contributed by atoms with van der Waals surface area (Å²) in [5.41, 5.74) is 5.58. The Hall–Kier alpha value is -1.64. The largest absolute Gasteiger partial charge is 0.395 e. The molecule has 1 unspecified atom stereocenters. The molecule has 0 heterocycles. The number of hydrogen-bond donors (Lipinski definition) is 2. The van der Waals surface area contributed by atoms with Crippen LogP contribution in [0.5, 0.6) is 0 Å². The van der Waals surface area contributed by atoms with E-state index in [0.717, 1.165) is 11.1 Å². The van der Waals surface area contributed by atoms with Crippen LogP contribution in [0.15, 0.2) is 42.5 Å². The summed E-state index contributed by atoms with van der Waals surface area (Å²) >= 11 is 0. The van der Waals surface area contributed by atoms with Gasteiger partial charge in [-0.15, -0.1) is 0 Å². The van der Waals surface area contributed by atoms with Gasteiger partial charge in [-0.25, -0.2) is 0 Å². The zero-order chi connectivity index (χ0) is 11.8. The Balaban J connectivity index is 2.23. The van der Waals surface area contributed by atoms with Gasteiger partial charge < -0.3 is 10.2 Å². The Morgan fingerprint density at radius 3 is 2.41 bits per heavy atom. The van der Waals surface area contributed by atoms with Crippen molar-refractivity contribution in [1.82, 2.24) is 0 Å². The predicted molar refractivity (Wildman–Crippen MR) is 66.7 cm³/mol. The average Bonchev–Trinajstić information content (AvgIpc) is 2.71. The SMILES string of the molecule is OCc1ccc2c(c1)C(CO)c1ccccc1-2. The maximum absolute atomic E-state index is 9.56. The molecule has 1 aliphatic rings. The predicted octanol–water partition coefficient (Wildman–Crippen LogP) is 2.28. The summed E-state index contributed by atoms with van der Waals surface area (Å²) in [6.45, 7) is 0.153. The summed E-state index contributed by atoms with van der Waals surface area (Å²) < 4.78 is 0. The van der Waals surface area contributed by atoms with Gasteiger partial charge in [0.1, 0.15) is 0 Å². The van der Waals surface area contributed by atoms with E-state index in [2.05, 4.69) is 12.1 Å². The van der Waals surface area contributed by atoms with Crippen LogP contribution in [-0.2, 0) is 6.61 Å². The van der Waals surface area contributed by atoms with E-state index in [-0.39, 0.29) is 19.1 Å². The lowest BCUT2D eigenvalue weighted by Gasteiger charge is -2.10. The van der Waals surface area contributed by atoms with E-state index in [4.69, 9.17) is 0 Å². The summed E-state index contributed by atoms with van der Waals surface area (Å²) in [6, 6.07) is 14.1. The Morgan fingerprint density at radius 2 is 1.65 bits per heavy atom. The number of aliphatic hydroxyl groups excluding tert-OH is 2. The molecule has 0 saturated carbocycles. The van der Waals surface area contributed by atoms with E-state index in [1.54, 1.807) is 0 Å². The van der Waals surface area contributed by atoms with Crippen LogP contribution in [0.25, 0.3) is 11.1 Å². The standard InChI is InChI=1S/C15H14O2/c16-8-10-5-6-13-11-3-1-2-4-12(11)15(9-17)14(13)7-10/h1-7,15-17H,8-9H2. The summed E-state index contributed by atoms with van der Waals surface area (Å²) in [7, 11) is 0. The van der Waals surface area contributed by atoms with Gasteiger partial charge in [-0.1, -0.05) is 42.5 Å². The van der Waals surface area contributed by atoms with Gasteiger partial charge in [-0.05, 0) is 27.8 Å². The number of benzene rings is 2. The summed E-state index contributed by atoms with van der Waals surface area (Å²) in [6.07, 6.45) is 0. The van der Waals surface area contributed by atoms with Crippen molar-refractivity contribution in [1.29, 1.82) is 0 Å². The minimum Gasteiger partial charge on any atom is -0.395 e.